The number of hydrogen-bond donors (Lipinski definition) is 1. The average Bonchev–Trinajstić information content (AvgIpc) is 3.12. The maximum Gasteiger partial charge on any atom is 0.416 e. The van der Waals surface area contributed by atoms with Crippen molar-refractivity contribution < 1.29 is 21.6 Å². The lowest BCUT2D eigenvalue weighted by Gasteiger charge is -2.08. The summed E-state index contributed by atoms with van der Waals surface area (Å²) in [6, 6.07) is 11.4. The van der Waals surface area contributed by atoms with Crippen LogP contribution in [0.25, 0.3) is 0 Å². The number of halogens is 3. The van der Waals surface area contributed by atoms with Gasteiger partial charge in [-0.05, 0) is 48.2 Å². The molecule has 0 aliphatic heterocycles. The Bertz CT molecular complexity index is 1090. The summed E-state index contributed by atoms with van der Waals surface area (Å²) in [5, 5.41) is 4.00. The first-order chi connectivity index (χ1) is 14.2. The number of hydrogen-bond acceptors (Lipinski definition) is 4. The van der Waals surface area contributed by atoms with Crippen molar-refractivity contribution in [2.24, 2.45) is 0 Å². The molecule has 0 radical (unpaired) electrons. The Labute approximate surface area is 172 Å². The molecule has 0 fully saturated rings. The van der Waals surface area contributed by atoms with Gasteiger partial charge in [-0.25, -0.2) is 17.8 Å². The third-order valence-corrected chi connectivity index (χ3v) is 5.76. The van der Waals surface area contributed by atoms with Crippen LogP contribution in [-0.2, 0) is 29.2 Å². The van der Waals surface area contributed by atoms with Crippen LogP contribution in [0.4, 0.5) is 19.1 Å². The zero-order valence-electron chi connectivity index (χ0n) is 16.2. The fraction of sp³-hybridized carbons (Fsp3) is 0.300. The Morgan fingerprint density at radius 1 is 1.07 bits per heavy atom. The fourth-order valence-corrected chi connectivity index (χ4v) is 3.79. The molecule has 2 aromatic carbocycles. The Morgan fingerprint density at radius 3 is 2.47 bits per heavy atom. The lowest BCUT2D eigenvalue weighted by atomic mass is 10.1. The minimum absolute atomic E-state index is 0.0186. The largest absolute Gasteiger partial charge is 0.416 e. The Morgan fingerprint density at radius 2 is 1.80 bits per heavy atom. The molecular weight excluding hydrogens is 417 g/mol. The van der Waals surface area contributed by atoms with Gasteiger partial charge in [0.05, 0.1) is 17.0 Å². The molecule has 3 aromatic rings. The molecule has 3 rings (SSSR count). The second kappa shape index (κ2) is 8.86. The first kappa shape index (κ1) is 21.8. The van der Waals surface area contributed by atoms with E-state index in [1.165, 1.54) is 35.3 Å². The van der Waals surface area contributed by atoms with Gasteiger partial charge in [0.25, 0.3) is 16.0 Å². The number of rotatable bonds is 8. The van der Waals surface area contributed by atoms with E-state index in [1.807, 2.05) is 0 Å². The highest BCUT2D eigenvalue weighted by molar-refractivity contribution is 7.92. The van der Waals surface area contributed by atoms with Crippen molar-refractivity contribution in [2.75, 3.05) is 4.72 Å². The van der Waals surface area contributed by atoms with Crippen LogP contribution in [-0.4, -0.2) is 23.2 Å². The van der Waals surface area contributed by atoms with Crippen LogP contribution in [0.3, 0.4) is 0 Å². The molecule has 0 unspecified atom stereocenters. The van der Waals surface area contributed by atoms with Crippen molar-refractivity contribution in [1.29, 1.82) is 0 Å². The van der Waals surface area contributed by atoms with E-state index in [2.05, 4.69) is 21.7 Å². The molecule has 0 atom stereocenters. The van der Waals surface area contributed by atoms with Gasteiger partial charge in [-0.1, -0.05) is 37.6 Å². The number of nitrogens with one attached hydrogen (secondary N) is 1. The van der Waals surface area contributed by atoms with E-state index in [1.54, 1.807) is 12.1 Å². The van der Waals surface area contributed by atoms with Crippen molar-refractivity contribution in [2.45, 2.75) is 43.8 Å². The minimum atomic E-state index is -4.44. The van der Waals surface area contributed by atoms with Gasteiger partial charge in [-0.3, -0.25) is 0 Å². The smallest absolute Gasteiger partial charge is 0.246 e. The van der Waals surface area contributed by atoms with Crippen LogP contribution in [0.1, 0.15) is 36.5 Å². The maximum atomic E-state index is 12.8. The summed E-state index contributed by atoms with van der Waals surface area (Å²) >= 11 is 0. The molecule has 0 aliphatic carbocycles. The average molecular weight is 438 g/mol. The second-order valence-electron chi connectivity index (χ2n) is 6.82. The topological polar surface area (TPSA) is 76.9 Å². The van der Waals surface area contributed by atoms with Gasteiger partial charge in [0.15, 0.2) is 0 Å². The Balaban J connectivity index is 1.69. The Hall–Kier alpha value is -2.88. The van der Waals surface area contributed by atoms with Gasteiger partial charge in [0.1, 0.15) is 6.33 Å². The molecule has 0 aliphatic rings. The number of benzene rings is 2. The van der Waals surface area contributed by atoms with Crippen LogP contribution < -0.4 is 4.72 Å². The molecule has 1 aromatic heterocycles. The Kier molecular flexibility index (Phi) is 6.45. The van der Waals surface area contributed by atoms with E-state index < -0.39 is 21.8 Å². The van der Waals surface area contributed by atoms with E-state index >= 15 is 0 Å². The molecular formula is C20H21F3N4O2S. The standard InChI is InChI=1S/C20H21F3N4O2S/c1-2-3-5-15-8-10-18(11-9-15)30(28,29)26-19-24-14-27(25-19)13-16-6-4-7-17(12-16)20(21,22)23/h4,6-12,14H,2-3,5,13H2,1H3,(H,25,26). The zero-order valence-corrected chi connectivity index (χ0v) is 17.0. The zero-order chi connectivity index (χ0) is 21.8. The first-order valence-electron chi connectivity index (χ1n) is 9.35. The number of sulfonamides is 1. The monoisotopic (exact) mass is 438 g/mol. The number of aryl methyl sites for hydroxylation is 1. The van der Waals surface area contributed by atoms with E-state index in [-0.39, 0.29) is 17.4 Å². The van der Waals surface area contributed by atoms with Crippen molar-refractivity contribution in [3.05, 3.63) is 71.5 Å². The molecule has 1 N–H and O–H groups in total. The molecule has 0 saturated heterocycles. The lowest BCUT2D eigenvalue weighted by Crippen LogP contribution is -2.14. The van der Waals surface area contributed by atoms with E-state index in [0.29, 0.717) is 5.56 Å². The van der Waals surface area contributed by atoms with Crippen LogP contribution >= 0.6 is 0 Å². The normalized spacial score (nSPS) is 12.1. The molecule has 0 spiro atoms. The molecule has 0 saturated carbocycles. The van der Waals surface area contributed by atoms with Crippen LogP contribution in [0.2, 0.25) is 0 Å². The third kappa shape index (κ3) is 5.59. The summed E-state index contributed by atoms with van der Waals surface area (Å²) in [7, 11) is -3.87. The number of aromatic nitrogens is 3. The molecule has 1 heterocycles. The van der Waals surface area contributed by atoms with E-state index in [4.69, 9.17) is 0 Å². The van der Waals surface area contributed by atoms with E-state index in [9.17, 15) is 21.6 Å². The lowest BCUT2D eigenvalue weighted by molar-refractivity contribution is -0.137. The number of nitrogens with zero attached hydrogens (tertiary/aromatic N) is 3. The predicted molar refractivity (Wildman–Crippen MR) is 106 cm³/mol. The molecule has 0 bridgehead atoms. The molecule has 0 amide bonds. The minimum Gasteiger partial charge on any atom is -0.246 e. The van der Waals surface area contributed by atoms with Gasteiger partial charge < -0.3 is 0 Å². The van der Waals surface area contributed by atoms with Gasteiger partial charge in [0, 0.05) is 0 Å². The van der Waals surface area contributed by atoms with Gasteiger partial charge in [-0.15, -0.1) is 5.10 Å². The second-order valence-corrected chi connectivity index (χ2v) is 8.50. The third-order valence-electron chi connectivity index (χ3n) is 4.41. The summed E-state index contributed by atoms with van der Waals surface area (Å²) in [5.41, 5.74) is 0.662. The fourth-order valence-electron chi connectivity index (χ4n) is 2.85. The quantitative estimate of drug-likeness (QED) is 0.562. The van der Waals surface area contributed by atoms with Crippen molar-refractivity contribution in [3.63, 3.8) is 0 Å². The van der Waals surface area contributed by atoms with Gasteiger partial charge in [0.2, 0.25) is 0 Å². The van der Waals surface area contributed by atoms with Gasteiger partial charge >= 0.3 is 6.18 Å². The first-order valence-corrected chi connectivity index (χ1v) is 10.8. The van der Waals surface area contributed by atoms with Crippen molar-refractivity contribution in [1.82, 2.24) is 14.8 Å². The van der Waals surface area contributed by atoms with Crippen LogP contribution in [0.15, 0.2) is 59.8 Å². The highest BCUT2D eigenvalue weighted by Crippen LogP contribution is 2.29. The maximum absolute atomic E-state index is 12.8. The van der Waals surface area contributed by atoms with Crippen LogP contribution in [0.5, 0.6) is 0 Å². The number of alkyl halides is 3. The van der Waals surface area contributed by atoms with Crippen molar-refractivity contribution >= 4 is 16.0 Å². The molecule has 160 valence electrons. The predicted octanol–water partition coefficient (Wildman–Crippen LogP) is 4.49. The summed E-state index contributed by atoms with van der Waals surface area (Å²) < 4.78 is 67.1. The SMILES string of the molecule is CCCCc1ccc(S(=O)(=O)Nc2ncn(Cc3cccc(C(F)(F)F)c3)n2)cc1. The molecule has 6 nitrogen and oxygen atoms in total. The molecule has 10 heteroatoms. The summed E-state index contributed by atoms with van der Waals surface area (Å²) in [6.07, 6.45) is -0.225. The highest BCUT2D eigenvalue weighted by atomic mass is 32.2. The molecule has 30 heavy (non-hydrogen) atoms. The highest BCUT2D eigenvalue weighted by Gasteiger charge is 2.30. The summed E-state index contributed by atoms with van der Waals surface area (Å²) in [5.74, 6) is -0.156. The van der Waals surface area contributed by atoms with Gasteiger partial charge in [-0.2, -0.15) is 18.2 Å². The van der Waals surface area contributed by atoms with E-state index in [0.717, 1.165) is 37.0 Å². The summed E-state index contributed by atoms with van der Waals surface area (Å²) in [4.78, 5) is 3.97. The summed E-state index contributed by atoms with van der Waals surface area (Å²) in [6.45, 7) is 2.10. The number of anilines is 1. The number of unbranched alkanes of at least 4 members (excludes halogenated alkanes) is 1. The van der Waals surface area contributed by atoms with Crippen molar-refractivity contribution in [3.8, 4) is 0 Å². The van der Waals surface area contributed by atoms with Crippen LogP contribution in [0, 0.1) is 0 Å².